The van der Waals surface area contributed by atoms with Gasteiger partial charge in [0.15, 0.2) is 12.3 Å². The second-order valence-electron chi connectivity index (χ2n) is 5.22. The Hall–Kier alpha value is -2.68. The third kappa shape index (κ3) is 4.92. The SMILES string of the molecule is Br.O=C(C[n+]1ccc(-c2ccco2)nc1)Nc1cccc(C(F)(F)F)c1. The van der Waals surface area contributed by atoms with Crippen LogP contribution in [0.4, 0.5) is 18.9 Å². The van der Waals surface area contributed by atoms with Crippen LogP contribution in [0.1, 0.15) is 5.56 Å². The molecule has 0 radical (unpaired) electrons. The Morgan fingerprint density at radius 3 is 2.62 bits per heavy atom. The largest absolute Gasteiger partial charge is 0.460 e. The second kappa shape index (κ2) is 8.13. The zero-order valence-electron chi connectivity index (χ0n) is 13.2. The molecule has 136 valence electrons. The van der Waals surface area contributed by atoms with E-state index in [0.29, 0.717) is 11.5 Å². The fourth-order valence-electron chi connectivity index (χ4n) is 2.19. The molecule has 3 aromatic rings. The lowest BCUT2D eigenvalue weighted by Crippen LogP contribution is -2.40. The smallest absolute Gasteiger partial charge is 0.416 e. The maximum absolute atomic E-state index is 12.7. The van der Waals surface area contributed by atoms with Crippen molar-refractivity contribution in [1.29, 1.82) is 0 Å². The first-order valence-corrected chi connectivity index (χ1v) is 7.28. The molecule has 0 aliphatic rings. The Balaban J connectivity index is 0.00000243. The lowest BCUT2D eigenvalue weighted by Gasteiger charge is -2.09. The van der Waals surface area contributed by atoms with E-state index < -0.39 is 17.6 Å². The number of furan rings is 1. The highest BCUT2D eigenvalue weighted by atomic mass is 79.9. The van der Waals surface area contributed by atoms with E-state index in [-0.39, 0.29) is 29.2 Å². The fraction of sp³-hybridized carbons (Fsp3) is 0.118. The number of hydrogen-bond acceptors (Lipinski definition) is 3. The van der Waals surface area contributed by atoms with Crippen molar-refractivity contribution in [3.8, 4) is 11.5 Å². The molecule has 2 aromatic heterocycles. The molecule has 26 heavy (non-hydrogen) atoms. The van der Waals surface area contributed by atoms with Crippen molar-refractivity contribution in [2.45, 2.75) is 12.7 Å². The fourth-order valence-corrected chi connectivity index (χ4v) is 2.19. The van der Waals surface area contributed by atoms with Crippen LogP contribution in [-0.4, -0.2) is 10.9 Å². The van der Waals surface area contributed by atoms with Crippen LogP contribution in [0.2, 0.25) is 0 Å². The third-order valence-corrected chi connectivity index (χ3v) is 3.34. The predicted octanol–water partition coefficient (Wildman–Crippen LogP) is 3.86. The van der Waals surface area contributed by atoms with E-state index >= 15 is 0 Å². The highest BCUT2D eigenvalue weighted by Crippen LogP contribution is 2.30. The van der Waals surface area contributed by atoms with Crippen LogP contribution < -0.4 is 9.88 Å². The normalized spacial score (nSPS) is 10.9. The summed E-state index contributed by atoms with van der Waals surface area (Å²) in [5.41, 5.74) is -0.123. The molecular weight excluding hydrogens is 415 g/mol. The summed E-state index contributed by atoms with van der Waals surface area (Å²) >= 11 is 0. The van der Waals surface area contributed by atoms with E-state index in [0.717, 1.165) is 12.1 Å². The minimum atomic E-state index is -4.46. The summed E-state index contributed by atoms with van der Waals surface area (Å²) in [5, 5.41) is 2.44. The molecule has 3 rings (SSSR count). The van der Waals surface area contributed by atoms with E-state index in [1.54, 1.807) is 24.4 Å². The van der Waals surface area contributed by atoms with Gasteiger partial charge in [0.05, 0.1) is 18.0 Å². The summed E-state index contributed by atoms with van der Waals surface area (Å²) in [6.07, 6.45) is 0.155. The predicted molar refractivity (Wildman–Crippen MR) is 92.5 cm³/mol. The first-order valence-electron chi connectivity index (χ1n) is 7.28. The first kappa shape index (κ1) is 19.6. The van der Waals surface area contributed by atoms with Gasteiger partial charge in [-0.1, -0.05) is 6.07 Å². The monoisotopic (exact) mass is 428 g/mol. The summed E-state index contributed by atoms with van der Waals surface area (Å²) < 4.78 is 44.7. The number of carbonyl (C=O) groups excluding carboxylic acids is 1. The molecule has 1 amide bonds. The van der Waals surface area contributed by atoms with Crippen molar-refractivity contribution in [2.75, 3.05) is 5.32 Å². The van der Waals surface area contributed by atoms with Crippen molar-refractivity contribution >= 4 is 28.6 Å². The van der Waals surface area contributed by atoms with Crippen LogP contribution in [0, 0.1) is 0 Å². The Morgan fingerprint density at radius 2 is 2.00 bits per heavy atom. The number of hydrogen-bond donors (Lipinski definition) is 1. The topological polar surface area (TPSA) is 59.0 Å². The molecule has 0 spiro atoms. The molecule has 0 bridgehead atoms. The van der Waals surface area contributed by atoms with Gasteiger partial charge in [0.2, 0.25) is 5.69 Å². The number of carbonyl (C=O) groups is 1. The molecular formula is C17H14BrF3N3O2+. The van der Waals surface area contributed by atoms with Crippen molar-refractivity contribution in [1.82, 2.24) is 4.98 Å². The number of nitrogens with zero attached hydrogens (tertiary/aromatic N) is 2. The van der Waals surface area contributed by atoms with Gasteiger partial charge < -0.3 is 9.73 Å². The highest BCUT2D eigenvalue weighted by Gasteiger charge is 2.30. The molecule has 0 aliphatic carbocycles. The van der Waals surface area contributed by atoms with Gasteiger partial charge in [0.25, 0.3) is 12.2 Å². The average molecular weight is 429 g/mol. The van der Waals surface area contributed by atoms with Gasteiger partial charge in [-0.3, -0.25) is 4.79 Å². The van der Waals surface area contributed by atoms with E-state index in [2.05, 4.69) is 10.3 Å². The van der Waals surface area contributed by atoms with Crippen molar-refractivity contribution in [2.24, 2.45) is 0 Å². The second-order valence-corrected chi connectivity index (χ2v) is 5.22. The lowest BCUT2D eigenvalue weighted by molar-refractivity contribution is -0.686. The number of alkyl halides is 3. The number of benzene rings is 1. The number of anilines is 1. The molecule has 5 nitrogen and oxygen atoms in total. The van der Waals surface area contributed by atoms with Crippen LogP contribution in [0.3, 0.4) is 0 Å². The lowest BCUT2D eigenvalue weighted by atomic mass is 10.2. The molecule has 0 saturated carbocycles. The Labute approximate surface area is 157 Å². The van der Waals surface area contributed by atoms with Crippen molar-refractivity contribution in [3.63, 3.8) is 0 Å². The van der Waals surface area contributed by atoms with Crippen LogP contribution in [0.5, 0.6) is 0 Å². The van der Waals surface area contributed by atoms with Gasteiger partial charge in [-0.15, -0.1) is 17.0 Å². The quantitative estimate of drug-likeness (QED) is 0.641. The van der Waals surface area contributed by atoms with Gasteiger partial charge in [-0.2, -0.15) is 13.2 Å². The van der Waals surface area contributed by atoms with Gasteiger partial charge in [0.1, 0.15) is 0 Å². The Morgan fingerprint density at radius 1 is 1.19 bits per heavy atom. The third-order valence-electron chi connectivity index (χ3n) is 3.34. The molecule has 0 unspecified atom stereocenters. The number of amides is 1. The minimum Gasteiger partial charge on any atom is -0.460 e. The van der Waals surface area contributed by atoms with E-state index in [1.807, 2.05) is 0 Å². The molecule has 0 saturated heterocycles. The van der Waals surface area contributed by atoms with Crippen LogP contribution in [0.15, 0.2) is 65.7 Å². The molecule has 1 aromatic carbocycles. The molecule has 9 heteroatoms. The molecule has 0 fully saturated rings. The summed E-state index contributed by atoms with van der Waals surface area (Å²) in [5.74, 6) is 0.137. The molecule has 2 heterocycles. The Bertz CT molecular complexity index is 866. The number of aromatic nitrogens is 2. The van der Waals surface area contributed by atoms with Gasteiger partial charge in [0, 0.05) is 11.8 Å². The number of halogens is 4. The molecule has 1 N–H and O–H groups in total. The zero-order valence-corrected chi connectivity index (χ0v) is 14.9. The summed E-state index contributed by atoms with van der Waals surface area (Å²) in [6.45, 7) is -0.0817. The minimum absolute atomic E-state index is 0. The zero-order chi connectivity index (χ0) is 17.9. The molecule has 0 aliphatic heterocycles. The van der Waals surface area contributed by atoms with Gasteiger partial charge in [-0.25, -0.2) is 4.57 Å². The standard InChI is InChI=1S/C17H12F3N3O2.BrH/c18-17(19,20)12-3-1-4-13(9-12)22-16(24)10-23-7-6-14(21-11-23)15-5-2-8-25-15;/h1-9,11H,10H2;1H/p+1. The van der Waals surface area contributed by atoms with Gasteiger partial charge >= 0.3 is 6.18 Å². The van der Waals surface area contributed by atoms with Gasteiger partial charge in [-0.05, 0) is 35.3 Å². The maximum atomic E-state index is 12.7. The highest BCUT2D eigenvalue weighted by molar-refractivity contribution is 8.93. The summed E-state index contributed by atoms with van der Waals surface area (Å²) in [7, 11) is 0. The van der Waals surface area contributed by atoms with E-state index in [4.69, 9.17) is 4.42 Å². The van der Waals surface area contributed by atoms with Crippen LogP contribution in [0.25, 0.3) is 11.5 Å². The summed E-state index contributed by atoms with van der Waals surface area (Å²) in [4.78, 5) is 16.2. The van der Waals surface area contributed by atoms with Crippen molar-refractivity contribution in [3.05, 3.63) is 66.8 Å². The van der Waals surface area contributed by atoms with E-state index in [9.17, 15) is 18.0 Å². The average Bonchev–Trinajstić information content (AvgIpc) is 3.09. The molecule has 0 atom stereocenters. The van der Waals surface area contributed by atoms with Crippen molar-refractivity contribution < 1.29 is 27.0 Å². The van der Waals surface area contributed by atoms with Crippen LogP contribution >= 0.6 is 17.0 Å². The summed E-state index contributed by atoms with van der Waals surface area (Å²) in [6, 6.07) is 9.65. The van der Waals surface area contributed by atoms with E-state index in [1.165, 1.54) is 29.3 Å². The maximum Gasteiger partial charge on any atom is 0.416 e. The Kier molecular flexibility index (Phi) is 6.14. The number of nitrogens with one attached hydrogen (secondary N) is 1. The van der Waals surface area contributed by atoms with Crippen LogP contribution in [-0.2, 0) is 17.5 Å². The number of rotatable bonds is 4. The first-order chi connectivity index (χ1) is 11.9.